The predicted octanol–water partition coefficient (Wildman–Crippen LogP) is 7.41. The van der Waals surface area contributed by atoms with Gasteiger partial charge in [-0.15, -0.1) is 0 Å². The van der Waals surface area contributed by atoms with Gasteiger partial charge in [0.05, 0.1) is 0 Å². The van der Waals surface area contributed by atoms with Crippen molar-refractivity contribution in [3.05, 3.63) is 88.0 Å². The van der Waals surface area contributed by atoms with Crippen molar-refractivity contribution in [1.29, 1.82) is 5.26 Å². The lowest BCUT2D eigenvalue weighted by atomic mass is 9.77. The van der Waals surface area contributed by atoms with Crippen molar-refractivity contribution in [2.45, 2.75) is 58.3 Å². The highest BCUT2D eigenvalue weighted by molar-refractivity contribution is 5.97. The fourth-order valence-corrected chi connectivity index (χ4v) is 5.95. The molecule has 0 amide bonds. The minimum Gasteiger partial charge on any atom is -0.477 e. The first-order chi connectivity index (χ1) is 17.3. The van der Waals surface area contributed by atoms with Crippen LogP contribution < -0.4 is 4.90 Å². The molecule has 1 N–H and O–H groups in total. The average molecular weight is 477 g/mol. The number of fused-ring (bicyclic) bond motifs is 5. The summed E-state index contributed by atoms with van der Waals surface area (Å²) in [4.78, 5) is 13.8. The Hall–Kier alpha value is -3.84. The fraction of sp³-hybridized carbons (Fsp3) is 0.312. The summed E-state index contributed by atoms with van der Waals surface area (Å²) in [6.45, 7) is 7.76. The van der Waals surface area contributed by atoms with Crippen LogP contribution in [0.4, 0.5) is 11.4 Å². The van der Waals surface area contributed by atoms with E-state index in [1.807, 2.05) is 6.07 Å². The molecule has 0 saturated carbocycles. The highest BCUT2D eigenvalue weighted by Crippen LogP contribution is 2.53. The number of carbonyl (C=O) groups is 1. The Morgan fingerprint density at radius 3 is 2.56 bits per heavy atom. The molecule has 0 spiro atoms. The van der Waals surface area contributed by atoms with Crippen molar-refractivity contribution in [3.8, 4) is 17.2 Å². The number of benzene rings is 3. The predicted molar refractivity (Wildman–Crippen MR) is 146 cm³/mol. The molecule has 5 rings (SSSR count). The largest absolute Gasteiger partial charge is 0.477 e. The smallest absolute Gasteiger partial charge is 0.346 e. The maximum atomic E-state index is 11.4. The van der Waals surface area contributed by atoms with Crippen molar-refractivity contribution in [2.75, 3.05) is 11.4 Å². The molecular formula is C32H32N2O2. The van der Waals surface area contributed by atoms with Crippen molar-refractivity contribution in [3.63, 3.8) is 0 Å². The second-order valence-electron chi connectivity index (χ2n) is 10.4. The molecule has 0 unspecified atom stereocenters. The number of unbranched alkanes of at least 4 members (excludes halogenated alkanes) is 1. The number of carboxylic acids is 1. The Morgan fingerprint density at radius 2 is 1.86 bits per heavy atom. The van der Waals surface area contributed by atoms with Crippen LogP contribution in [0.2, 0.25) is 0 Å². The first-order valence-electron chi connectivity index (χ1n) is 12.9. The van der Waals surface area contributed by atoms with Gasteiger partial charge >= 0.3 is 5.97 Å². The molecule has 3 aromatic rings. The number of hydrogen-bond acceptors (Lipinski definition) is 3. The molecule has 4 heteroatoms. The number of hydrogen-bond donors (Lipinski definition) is 1. The SMILES string of the molecule is CCCCc1ccc(N2CCCc3c2ccc2c3C(C)(C)c3cc(C=C(C#N)C(=O)O)ccc3-2)cc1. The Morgan fingerprint density at radius 1 is 1.11 bits per heavy atom. The third-order valence-electron chi connectivity index (χ3n) is 7.75. The van der Waals surface area contributed by atoms with Crippen molar-refractivity contribution < 1.29 is 9.90 Å². The number of nitriles is 1. The highest BCUT2D eigenvalue weighted by atomic mass is 16.4. The molecule has 0 saturated heterocycles. The van der Waals surface area contributed by atoms with Crippen molar-refractivity contribution >= 4 is 23.4 Å². The number of aliphatic carboxylic acids is 1. The second kappa shape index (κ2) is 9.32. The van der Waals surface area contributed by atoms with Gasteiger partial charge in [0.25, 0.3) is 0 Å². The summed E-state index contributed by atoms with van der Waals surface area (Å²) in [5, 5.41) is 18.5. The van der Waals surface area contributed by atoms with Gasteiger partial charge in [-0.25, -0.2) is 4.79 Å². The third-order valence-corrected chi connectivity index (χ3v) is 7.75. The minimum absolute atomic E-state index is 0.219. The van der Waals surface area contributed by atoms with E-state index in [9.17, 15) is 15.2 Å². The minimum atomic E-state index is -1.20. The first kappa shape index (κ1) is 23.9. The summed E-state index contributed by atoms with van der Waals surface area (Å²) >= 11 is 0. The molecule has 1 heterocycles. The molecule has 182 valence electrons. The standard InChI is InChI=1S/C32H32N2O2/c1-4-5-7-21-9-12-24(13-10-21)34-17-6-8-27-29(34)16-15-26-25-14-11-22(18-23(20-33)31(35)36)19-28(25)32(2,3)30(26)27/h9-16,18-19H,4-8,17H2,1-3H3,(H,35,36). The van der Waals surface area contributed by atoms with Crippen LogP contribution >= 0.6 is 0 Å². The van der Waals surface area contributed by atoms with Gasteiger partial charge < -0.3 is 10.0 Å². The van der Waals surface area contributed by atoms with Crippen LogP contribution in [0.3, 0.4) is 0 Å². The van der Waals surface area contributed by atoms with E-state index in [1.165, 1.54) is 63.7 Å². The van der Waals surface area contributed by atoms with Gasteiger partial charge in [0.15, 0.2) is 0 Å². The molecule has 2 aliphatic rings. The molecule has 4 nitrogen and oxygen atoms in total. The molecule has 0 fully saturated rings. The zero-order valence-electron chi connectivity index (χ0n) is 21.3. The van der Waals surface area contributed by atoms with E-state index in [0.717, 1.165) is 31.4 Å². The van der Waals surface area contributed by atoms with Gasteiger partial charge in [-0.05, 0) is 88.9 Å². The maximum Gasteiger partial charge on any atom is 0.346 e. The topological polar surface area (TPSA) is 64.3 Å². The molecular weight excluding hydrogens is 444 g/mol. The van der Waals surface area contributed by atoms with Gasteiger partial charge in [0.1, 0.15) is 11.6 Å². The number of anilines is 2. The fourth-order valence-electron chi connectivity index (χ4n) is 5.95. The molecule has 36 heavy (non-hydrogen) atoms. The quantitative estimate of drug-likeness (QED) is 0.297. The van der Waals surface area contributed by atoms with E-state index in [4.69, 9.17) is 0 Å². The highest BCUT2D eigenvalue weighted by Gasteiger charge is 2.39. The Bertz CT molecular complexity index is 1410. The van der Waals surface area contributed by atoms with E-state index in [1.54, 1.807) is 6.07 Å². The molecule has 1 aliphatic heterocycles. The Labute approximate surface area is 213 Å². The summed E-state index contributed by atoms with van der Waals surface area (Å²) in [5.41, 5.74) is 10.6. The van der Waals surface area contributed by atoms with Gasteiger partial charge in [0.2, 0.25) is 0 Å². The lowest BCUT2D eigenvalue weighted by molar-refractivity contribution is -0.132. The average Bonchev–Trinajstić information content (AvgIpc) is 3.12. The number of nitrogens with zero attached hydrogens (tertiary/aromatic N) is 2. The van der Waals surface area contributed by atoms with Gasteiger partial charge in [-0.3, -0.25) is 0 Å². The Balaban J connectivity index is 1.55. The zero-order valence-corrected chi connectivity index (χ0v) is 21.3. The van der Waals surface area contributed by atoms with Crippen LogP contribution in [0.1, 0.15) is 67.9 Å². The van der Waals surface area contributed by atoms with Crippen molar-refractivity contribution in [1.82, 2.24) is 0 Å². The molecule has 0 aromatic heterocycles. The molecule has 0 radical (unpaired) electrons. The van der Waals surface area contributed by atoms with E-state index in [2.05, 4.69) is 74.2 Å². The van der Waals surface area contributed by atoms with Crippen LogP contribution in [0.25, 0.3) is 17.2 Å². The lowest BCUT2D eigenvalue weighted by Gasteiger charge is -2.35. The second-order valence-corrected chi connectivity index (χ2v) is 10.4. The van der Waals surface area contributed by atoms with E-state index in [0.29, 0.717) is 0 Å². The Kier molecular flexibility index (Phi) is 6.18. The van der Waals surface area contributed by atoms with Crippen LogP contribution in [0, 0.1) is 11.3 Å². The third kappa shape index (κ3) is 3.99. The van der Waals surface area contributed by atoms with Gasteiger partial charge in [0, 0.05) is 23.3 Å². The van der Waals surface area contributed by atoms with E-state index < -0.39 is 5.97 Å². The van der Waals surface area contributed by atoms with Crippen LogP contribution in [0.5, 0.6) is 0 Å². The van der Waals surface area contributed by atoms with Crippen LogP contribution in [-0.2, 0) is 23.1 Å². The van der Waals surface area contributed by atoms with Crippen LogP contribution in [-0.4, -0.2) is 17.6 Å². The molecule has 1 aliphatic carbocycles. The van der Waals surface area contributed by atoms with E-state index in [-0.39, 0.29) is 11.0 Å². The van der Waals surface area contributed by atoms with Gasteiger partial charge in [-0.2, -0.15) is 5.26 Å². The monoisotopic (exact) mass is 476 g/mol. The molecule has 0 bridgehead atoms. The van der Waals surface area contributed by atoms with Crippen LogP contribution in [0.15, 0.2) is 60.2 Å². The lowest BCUT2D eigenvalue weighted by Crippen LogP contribution is -2.27. The van der Waals surface area contributed by atoms with E-state index >= 15 is 0 Å². The van der Waals surface area contributed by atoms with Crippen molar-refractivity contribution in [2.24, 2.45) is 0 Å². The molecule has 3 aromatic carbocycles. The number of carboxylic acid groups (broad SMARTS) is 1. The summed E-state index contributed by atoms with van der Waals surface area (Å²) in [7, 11) is 0. The van der Waals surface area contributed by atoms with Gasteiger partial charge in [-0.1, -0.05) is 63.6 Å². The molecule has 0 atom stereocenters. The summed E-state index contributed by atoms with van der Waals surface area (Å²) in [6, 6.07) is 21.4. The maximum absolute atomic E-state index is 11.4. The summed E-state index contributed by atoms with van der Waals surface area (Å²) in [6.07, 6.45) is 7.17. The number of aryl methyl sites for hydroxylation is 1. The normalized spacial score (nSPS) is 15.6. The first-order valence-corrected chi connectivity index (χ1v) is 12.9. The summed E-state index contributed by atoms with van der Waals surface area (Å²) < 4.78 is 0. The summed E-state index contributed by atoms with van der Waals surface area (Å²) in [5.74, 6) is -1.20. The zero-order chi connectivity index (χ0) is 25.4. The number of rotatable bonds is 6.